The standard InChI is InChI=1S/C12H21N.C2H6/c1-10-4-7-13(9-11-2-3-11)12(8-10)5-6-12;1-2/h10-11H,2-9H2,1H3;1-2H3/t10-;/m1./s1. The molecule has 1 saturated heterocycles. The number of hydrogen-bond donors (Lipinski definition) is 0. The quantitative estimate of drug-likeness (QED) is 0.670. The molecular weight excluding hydrogens is 182 g/mol. The van der Waals surface area contributed by atoms with Gasteiger partial charge in [0.25, 0.3) is 0 Å². The van der Waals surface area contributed by atoms with Crippen molar-refractivity contribution in [3.8, 4) is 0 Å². The summed E-state index contributed by atoms with van der Waals surface area (Å²) in [4.78, 5) is 2.84. The Morgan fingerprint density at radius 2 is 1.80 bits per heavy atom. The SMILES string of the molecule is CC.C[C@@H]1CCN(CC2CC2)C2(CC2)C1. The van der Waals surface area contributed by atoms with E-state index < -0.39 is 0 Å². The minimum atomic E-state index is 0.722. The molecule has 0 aromatic rings. The smallest absolute Gasteiger partial charge is 0.0213 e. The Bertz CT molecular complexity index is 203. The Balaban J connectivity index is 0.000000404. The molecule has 3 rings (SSSR count). The van der Waals surface area contributed by atoms with Gasteiger partial charge >= 0.3 is 0 Å². The zero-order valence-electron chi connectivity index (χ0n) is 10.8. The fourth-order valence-electron chi connectivity index (χ4n) is 3.05. The van der Waals surface area contributed by atoms with Gasteiger partial charge < -0.3 is 0 Å². The molecule has 1 heteroatoms. The minimum Gasteiger partial charge on any atom is -0.297 e. The number of likely N-dealkylation sites (tertiary alicyclic amines) is 1. The van der Waals surface area contributed by atoms with Crippen LogP contribution in [0.4, 0.5) is 0 Å². The van der Waals surface area contributed by atoms with Gasteiger partial charge in [-0.25, -0.2) is 0 Å². The maximum atomic E-state index is 2.84. The van der Waals surface area contributed by atoms with E-state index in [9.17, 15) is 0 Å². The lowest BCUT2D eigenvalue weighted by atomic mass is 9.90. The highest BCUT2D eigenvalue weighted by Gasteiger charge is 2.51. The Kier molecular flexibility index (Phi) is 3.39. The maximum Gasteiger partial charge on any atom is 0.0213 e. The average Bonchev–Trinajstić information content (AvgIpc) is 3.11. The van der Waals surface area contributed by atoms with Crippen molar-refractivity contribution in [3.63, 3.8) is 0 Å². The summed E-state index contributed by atoms with van der Waals surface area (Å²) < 4.78 is 0. The first-order chi connectivity index (χ1) is 7.28. The van der Waals surface area contributed by atoms with Crippen LogP contribution < -0.4 is 0 Å². The Hall–Kier alpha value is -0.0400. The molecule has 2 saturated carbocycles. The molecule has 0 N–H and O–H groups in total. The van der Waals surface area contributed by atoms with Gasteiger partial charge in [0.15, 0.2) is 0 Å². The van der Waals surface area contributed by atoms with E-state index in [-0.39, 0.29) is 0 Å². The second-order valence-electron chi connectivity index (χ2n) is 5.71. The van der Waals surface area contributed by atoms with Crippen LogP contribution in [-0.2, 0) is 0 Å². The van der Waals surface area contributed by atoms with Crippen LogP contribution in [0.15, 0.2) is 0 Å². The summed E-state index contributed by atoms with van der Waals surface area (Å²) in [6, 6.07) is 0. The van der Waals surface area contributed by atoms with Crippen molar-refractivity contribution >= 4 is 0 Å². The van der Waals surface area contributed by atoms with Crippen molar-refractivity contribution in [2.75, 3.05) is 13.1 Å². The molecule has 0 bridgehead atoms. The summed E-state index contributed by atoms with van der Waals surface area (Å²) in [5, 5.41) is 0. The van der Waals surface area contributed by atoms with Crippen molar-refractivity contribution in [1.82, 2.24) is 4.90 Å². The van der Waals surface area contributed by atoms with Crippen molar-refractivity contribution in [2.45, 2.75) is 64.8 Å². The number of nitrogens with zero attached hydrogens (tertiary/aromatic N) is 1. The van der Waals surface area contributed by atoms with Gasteiger partial charge in [0.2, 0.25) is 0 Å². The fraction of sp³-hybridized carbons (Fsp3) is 1.00. The molecule has 88 valence electrons. The van der Waals surface area contributed by atoms with Crippen LogP contribution in [-0.4, -0.2) is 23.5 Å². The first-order valence-corrected chi connectivity index (χ1v) is 7.04. The third-order valence-corrected chi connectivity index (χ3v) is 4.29. The summed E-state index contributed by atoms with van der Waals surface area (Å²) in [6.45, 7) is 9.28. The molecule has 15 heavy (non-hydrogen) atoms. The molecule has 0 aromatic carbocycles. The molecule has 3 aliphatic rings. The zero-order chi connectivity index (χ0) is 10.9. The van der Waals surface area contributed by atoms with E-state index in [2.05, 4.69) is 11.8 Å². The summed E-state index contributed by atoms with van der Waals surface area (Å²) >= 11 is 0. The van der Waals surface area contributed by atoms with Crippen LogP contribution in [0.3, 0.4) is 0 Å². The second kappa shape index (κ2) is 4.45. The monoisotopic (exact) mass is 209 g/mol. The lowest BCUT2D eigenvalue weighted by Crippen LogP contribution is -2.44. The lowest BCUT2D eigenvalue weighted by molar-refractivity contribution is 0.0945. The van der Waals surface area contributed by atoms with Gasteiger partial charge in [0.1, 0.15) is 0 Å². The number of hydrogen-bond acceptors (Lipinski definition) is 1. The molecule has 1 nitrogen and oxygen atoms in total. The van der Waals surface area contributed by atoms with E-state index in [1.54, 1.807) is 0 Å². The highest BCUT2D eigenvalue weighted by molar-refractivity contribution is 5.07. The predicted octanol–water partition coefficient (Wildman–Crippen LogP) is 3.69. The number of piperidine rings is 1. The Morgan fingerprint density at radius 3 is 2.33 bits per heavy atom. The fourth-order valence-corrected chi connectivity index (χ4v) is 3.05. The van der Waals surface area contributed by atoms with E-state index in [0.29, 0.717) is 0 Å². The van der Waals surface area contributed by atoms with Gasteiger partial charge in [0, 0.05) is 12.1 Å². The van der Waals surface area contributed by atoms with E-state index in [1.165, 1.54) is 51.6 Å². The molecule has 2 aliphatic carbocycles. The zero-order valence-corrected chi connectivity index (χ0v) is 10.8. The van der Waals surface area contributed by atoms with Crippen LogP contribution in [0.5, 0.6) is 0 Å². The molecule has 0 aromatic heterocycles. The highest BCUT2D eigenvalue weighted by Crippen LogP contribution is 2.51. The Labute approximate surface area is 95.2 Å². The van der Waals surface area contributed by atoms with Crippen LogP contribution in [0.25, 0.3) is 0 Å². The summed E-state index contributed by atoms with van der Waals surface area (Å²) in [5.41, 5.74) is 0.722. The first kappa shape index (κ1) is 11.4. The predicted molar refractivity (Wildman–Crippen MR) is 66.0 cm³/mol. The molecule has 0 amide bonds. The topological polar surface area (TPSA) is 3.24 Å². The van der Waals surface area contributed by atoms with Crippen molar-refractivity contribution in [1.29, 1.82) is 0 Å². The van der Waals surface area contributed by atoms with Crippen molar-refractivity contribution in [3.05, 3.63) is 0 Å². The largest absolute Gasteiger partial charge is 0.297 e. The van der Waals surface area contributed by atoms with E-state index in [1.807, 2.05) is 13.8 Å². The van der Waals surface area contributed by atoms with Crippen LogP contribution >= 0.6 is 0 Å². The van der Waals surface area contributed by atoms with Crippen LogP contribution in [0, 0.1) is 11.8 Å². The molecule has 1 atom stereocenters. The summed E-state index contributed by atoms with van der Waals surface area (Å²) in [7, 11) is 0. The van der Waals surface area contributed by atoms with E-state index >= 15 is 0 Å². The van der Waals surface area contributed by atoms with Gasteiger partial charge in [-0.1, -0.05) is 20.8 Å². The third kappa shape index (κ3) is 2.55. The van der Waals surface area contributed by atoms with E-state index in [4.69, 9.17) is 0 Å². The summed E-state index contributed by atoms with van der Waals surface area (Å²) in [6.07, 6.45) is 8.99. The van der Waals surface area contributed by atoms with Crippen molar-refractivity contribution < 1.29 is 0 Å². The molecule has 1 heterocycles. The van der Waals surface area contributed by atoms with Crippen molar-refractivity contribution in [2.24, 2.45) is 11.8 Å². The Morgan fingerprint density at radius 1 is 1.13 bits per heavy atom. The molecular formula is C14H27N. The first-order valence-electron chi connectivity index (χ1n) is 7.04. The molecule has 1 aliphatic heterocycles. The van der Waals surface area contributed by atoms with E-state index in [0.717, 1.165) is 17.4 Å². The van der Waals surface area contributed by atoms with Gasteiger partial charge in [-0.15, -0.1) is 0 Å². The molecule has 0 unspecified atom stereocenters. The molecule has 1 spiro atoms. The van der Waals surface area contributed by atoms with Crippen LogP contribution in [0.1, 0.15) is 59.3 Å². The summed E-state index contributed by atoms with van der Waals surface area (Å²) in [5.74, 6) is 2.09. The van der Waals surface area contributed by atoms with Gasteiger partial charge in [-0.05, 0) is 56.9 Å². The van der Waals surface area contributed by atoms with Gasteiger partial charge in [0.05, 0.1) is 0 Å². The minimum absolute atomic E-state index is 0.722. The second-order valence-corrected chi connectivity index (χ2v) is 5.71. The average molecular weight is 209 g/mol. The molecule has 3 fully saturated rings. The highest BCUT2D eigenvalue weighted by atomic mass is 15.2. The van der Waals surface area contributed by atoms with Gasteiger partial charge in [-0.2, -0.15) is 0 Å². The van der Waals surface area contributed by atoms with Crippen LogP contribution in [0.2, 0.25) is 0 Å². The normalized spacial score (nSPS) is 33.4. The lowest BCUT2D eigenvalue weighted by Gasteiger charge is -2.39. The maximum absolute atomic E-state index is 2.84. The molecule has 0 radical (unpaired) electrons. The van der Waals surface area contributed by atoms with Gasteiger partial charge in [-0.3, -0.25) is 4.90 Å². The third-order valence-electron chi connectivity index (χ3n) is 4.29. The number of rotatable bonds is 2.